The van der Waals surface area contributed by atoms with Crippen molar-refractivity contribution in [2.45, 2.75) is 6.61 Å². The molecule has 138 valence electrons. The van der Waals surface area contributed by atoms with Gasteiger partial charge >= 0.3 is 11.6 Å². The third-order valence-corrected chi connectivity index (χ3v) is 3.95. The number of rotatable bonds is 5. The highest BCUT2D eigenvalue weighted by Crippen LogP contribution is 2.22. The molecule has 0 spiro atoms. The molecule has 27 heavy (non-hydrogen) atoms. The number of benzene rings is 2. The van der Waals surface area contributed by atoms with E-state index in [2.05, 4.69) is 5.32 Å². The van der Waals surface area contributed by atoms with Crippen molar-refractivity contribution in [3.63, 3.8) is 0 Å². The lowest BCUT2D eigenvalue weighted by Gasteiger charge is -2.08. The van der Waals surface area contributed by atoms with Gasteiger partial charge in [0.25, 0.3) is 5.91 Å². The number of nitrogens with one attached hydrogen (secondary N) is 1. The molecule has 0 aliphatic carbocycles. The molecule has 1 aromatic heterocycles. The number of carbonyl (C=O) groups is 2. The second-order valence-corrected chi connectivity index (χ2v) is 6.06. The van der Waals surface area contributed by atoms with Gasteiger partial charge in [0.05, 0.1) is 0 Å². The first-order chi connectivity index (χ1) is 12.9. The largest absolute Gasteiger partial charge is 0.508 e. The van der Waals surface area contributed by atoms with E-state index in [1.54, 1.807) is 18.2 Å². The number of hydrogen-bond acceptors (Lipinski definition) is 6. The average molecular weight is 388 g/mol. The van der Waals surface area contributed by atoms with Crippen LogP contribution in [0.3, 0.4) is 0 Å². The number of esters is 1. The zero-order chi connectivity index (χ0) is 19.4. The molecule has 0 bridgehead atoms. The van der Waals surface area contributed by atoms with Crippen molar-refractivity contribution in [1.82, 2.24) is 5.32 Å². The van der Waals surface area contributed by atoms with Crippen LogP contribution in [0.15, 0.2) is 57.7 Å². The van der Waals surface area contributed by atoms with E-state index in [9.17, 15) is 19.5 Å². The molecule has 0 atom stereocenters. The van der Waals surface area contributed by atoms with Gasteiger partial charge in [-0.05, 0) is 36.4 Å². The molecule has 0 fully saturated rings. The molecule has 0 aliphatic rings. The standard InChI is InChI=1S/C19H14ClNO6/c20-13-3-1-11(2-4-13)19(25)21-9-18(24)26-10-12-7-17(23)27-16-8-14(22)5-6-15(12)16/h1-8,22H,9-10H2,(H,21,25). The Labute approximate surface area is 158 Å². The Bertz CT molecular complexity index is 1060. The first kappa shape index (κ1) is 18.5. The van der Waals surface area contributed by atoms with Gasteiger partial charge in [0, 0.05) is 33.7 Å². The number of ether oxygens (including phenoxy) is 1. The maximum absolute atomic E-state index is 11.9. The molecule has 8 heteroatoms. The van der Waals surface area contributed by atoms with E-state index < -0.39 is 17.5 Å². The van der Waals surface area contributed by atoms with Gasteiger partial charge in [-0.25, -0.2) is 4.79 Å². The molecule has 1 heterocycles. The molecule has 0 unspecified atom stereocenters. The molecule has 0 radical (unpaired) electrons. The highest BCUT2D eigenvalue weighted by molar-refractivity contribution is 6.30. The van der Waals surface area contributed by atoms with Crippen LogP contribution in [0.1, 0.15) is 15.9 Å². The van der Waals surface area contributed by atoms with Gasteiger partial charge in [0.15, 0.2) is 0 Å². The van der Waals surface area contributed by atoms with Crippen molar-refractivity contribution in [1.29, 1.82) is 0 Å². The maximum atomic E-state index is 11.9. The van der Waals surface area contributed by atoms with Gasteiger partial charge < -0.3 is 19.6 Å². The Balaban J connectivity index is 1.61. The molecule has 2 aromatic carbocycles. The highest BCUT2D eigenvalue weighted by Gasteiger charge is 2.11. The zero-order valence-corrected chi connectivity index (χ0v) is 14.7. The average Bonchev–Trinajstić information content (AvgIpc) is 2.64. The SMILES string of the molecule is O=C(CNC(=O)c1ccc(Cl)cc1)OCc1cc(=O)oc2cc(O)ccc12. The molecule has 3 aromatic rings. The number of fused-ring (bicyclic) bond motifs is 1. The minimum atomic E-state index is -0.669. The molecule has 0 saturated heterocycles. The van der Waals surface area contributed by atoms with Gasteiger partial charge in [-0.1, -0.05) is 11.6 Å². The predicted octanol–water partition coefficient (Wildman–Crippen LogP) is 2.63. The Morgan fingerprint density at radius 3 is 2.59 bits per heavy atom. The molecule has 2 N–H and O–H groups in total. The first-order valence-corrected chi connectivity index (χ1v) is 8.25. The van der Waals surface area contributed by atoms with Crippen molar-refractivity contribution in [2.24, 2.45) is 0 Å². The Hall–Kier alpha value is -3.32. The van der Waals surface area contributed by atoms with E-state index in [1.165, 1.54) is 30.3 Å². The molecular weight excluding hydrogens is 374 g/mol. The third kappa shape index (κ3) is 4.65. The summed E-state index contributed by atoms with van der Waals surface area (Å²) in [5.74, 6) is -1.16. The maximum Gasteiger partial charge on any atom is 0.336 e. The van der Waals surface area contributed by atoms with Gasteiger partial charge in [0.2, 0.25) is 0 Å². The van der Waals surface area contributed by atoms with E-state index in [-0.39, 0.29) is 24.5 Å². The van der Waals surface area contributed by atoms with Crippen LogP contribution in [0, 0.1) is 0 Å². The number of halogens is 1. The summed E-state index contributed by atoms with van der Waals surface area (Å²) in [5, 5.41) is 12.9. The van der Waals surface area contributed by atoms with Gasteiger partial charge in [0.1, 0.15) is 24.5 Å². The Kier molecular flexibility index (Phi) is 5.42. The lowest BCUT2D eigenvalue weighted by atomic mass is 10.1. The lowest BCUT2D eigenvalue weighted by Crippen LogP contribution is -2.30. The van der Waals surface area contributed by atoms with Crippen LogP contribution in [-0.2, 0) is 16.1 Å². The summed E-state index contributed by atoms with van der Waals surface area (Å²) in [4.78, 5) is 35.4. The number of hydrogen-bond donors (Lipinski definition) is 2. The summed E-state index contributed by atoms with van der Waals surface area (Å²) >= 11 is 5.76. The summed E-state index contributed by atoms with van der Waals surface area (Å²) in [6.45, 7) is -0.510. The second-order valence-electron chi connectivity index (χ2n) is 5.62. The fourth-order valence-electron chi connectivity index (χ4n) is 2.40. The first-order valence-electron chi connectivity index (χ1n) is 7.87. The van der Waals surface area contributed by atoms with E-state index in [0.29, 0.717) is 21.5 Å². The Morgan fingerprint density at radius 2 is 1.85 bits per heavy atom. The number of aromatic hydroxyl groups is 1. The third-order valence-electron chi connectivity index (χ3n) is 3.70. The smallest absolute Gasteiger partial charge is 0.336 e. The number of phenolic OH excluding ortho intramolecular Hbond substituents is 1. The number of phenols is 1. The fourth-order valence-corrected chi connectivity index (χ4v) is 2.53. The summed E-state index contributed by atoms with van der Waals surface area (Å²) in [6, 6.07) is 11.7. The summed E-state index contributed by atoms with van der Waals surface area (Å²) in [5.41, 5.74) is 0.345. The predicted molar refractivity (Wildman–Crippen MR) is 97.7 cm³/mol. The highest BCUT2D eigenvalue weighted by atomic mass is 35.5. The van der Waals surface area contributed by atoms with E-state index in [1.807, 2.05) is 0 Å². The fraction of sp³-hybridized carbons (Fsp3) is 0.105. The van der Waals surface area contributed by atoms with Crippen molar-refractivity contribution in [3.8, 4) is 5.75 Å². The lowest BCUT2D eigenvalue weighted by molar-refractivity contribution is -0.143. The summed E-state index contributed by atoms with van der Waals surface area (Å²) in [7, 11) is 0. The van der Waals surface area contributed by atoms with Crippen molar-refractivity contribution in [2.75, 3.05) is 6.54 Å². The molecule has 1 amide bonds. The molecule has 0 aliphatic heterocycles. The normalized spacial score (nSPS) is 10.6. The molecule has 3 rings (SSSR count). The van der Waals surface area contributed by atoms with Crippen molar-refractivity contribution in [3.05, 3.63) is 75.1 Å². The van der Waals surface area contributed by atoms with E-state index >= 15 is 0 Å². The van der Waals surface area contributed by atoms with Crippen LogP contribution in [0.5, 0.6) is 5.75 Å². The van der Waals surface area contributed by atoms with Gasteiger partial charge in [-0.2, -0.15) is 0 Å². The zero-order valence-electron chi connectivity index (χ0n) is 13.9. The van der Waals surface area contributed by atoms with Gasteiger partial charge in [-0.15, -0.1) is 0 Å². The van der Waals surface area contributed by atoms with Crippen LogP contribution in [0.4, 0.5) is 0 Å². The molecular formula is C19H14ClNO6. The molecule has 0 saturated carbocycles. The number of amides is 1. The topological polar surface area (TPSA) is 106 Å². The van der Waals surface area contributed by atoms with Crippen LogP contribution < -0.4 is 10.9 Å². The van der Waals surface area contributed by atoms with Crippen molar-refractivity contribution < 1.29 is 23.8 Å². The van der Waals surface area contributed by atoms with E-state index in [4.69, 9.17) is 20.8 Å². The van der Waals surface area contributed by atoms with E-state index in [0.717, 1.165) is 0 Å². The Morgan fingerprint density at radius 1 is 1.11 bits per heavy atom. The molecule has 7 nitrogen and oxygen atoms in total. The van der Waals surface area contributed by atoms with Crippen LogP contribution in [0.25, 0.3) is 11.0 Å². The minimum Gasteiger partial charge on any atom is -0.508 e. The summed E-state index contributed by atoms with van der Waals surface area (Å²) < 4.78 is 10.1. The number of carbonyl (C=O) groups excluding carboxylic acids is 2. The van der Waals surface area contributed by atoms with Gasteiger partial charge in [-0.3, -0.25) is 9.59 Å². The van der Waals surface area contributed by atoms with Crippen LogP contribution in [0.2, 0.25) is 5.02 Å². The second kappa shape index (κ2) is 7.92. The minimum absolute atomic E-state index is 0.0512. The van der Waals surface area contributed by atoms with Crippen LogP contribution >= 0.6 is 11.6 Å². The van der Waals surface area contributed by atoms with Crippen molar-refractivity contribution >= 4 is 34.4 Å². The van der Waals surface area contributed by atoms with Crippen LogP contribution in [-0.4, -0.2) is 23.5 Å². The quantitative estimate of drug-likeness (QED) is 0.515. The monoisotopic (exact) mass is 387 g/mol. The summed E-state index contributed by atoms with van der Waals surface area (Å²) in [6.07, 6.45) is 0.